The molecule has 2 heterocycles. The number of anilines is 1. The van der Waals surface area contributed by atoms with Gasteiger partial charge in [-0.15, -0.1) is 0 Å². The van der Waals surface area contributed by atoms with Gasteiger partial charge in [0, 0.05) is 30.6 Å². The summed E-state index contributed by atoms with van der Waals surface area (Å²) in [4.78, 5) is 30.2. The molecule has 23 heavy (non-hydrogen) atoms. The van der Waals surface area contributed by atoms with Crippen molar-refractivity contribution in [2.45, 2.75) is 19.8 Å². The van der Waals surface area contributed by atoms with Crippen molar-refractivity contribution in [3.8, 4) is 0 Å². The molecule has 7 nitrogen and oxygen atoms in total. The molecule has 1 fully saturated rings. The third kappa shape index (κ3) is 4.15. The van der Waals surface area contributed by atoms with Crippen molar-refractivity contribution in [3.05, 3.63) is 41.9 Å². The van der Waals surface area contributed by atoms with Gasteiger partial charge in [-0.3, -0.25) is 14.6 Å². The first kappa shape index (κ1) is 15.2. The van der Waals surface area contributed by atoms with Crippen LogP contribution in [0.15, 0.2) is 35.1 Å². The van der Waals surface area contributed by atoms with E-state index in [9.17, 15) is 9.59 Å². The molecule has 1 aliphatic carbocycles. The van der Waals surface area contributed by atoms with Crippen molar-refractivity contribution in [3.63, 3.8) is 0 Å². The van der Waals surface area contributed by atoms with Gasteiger partial charge in [-0.2, -0.15) is 0 Å². The number of rotatable bonds is 6. The molecule has 120 valence electrons. The minimum atomic E-state index is -0.290. The van der Waals surface area contributed by atoms with E-state index in [4.69, 9.17) is 4.52 Å². The fourth-order valence-corrected chi connectivity index (χ4v) is 2.29. The van der Waals surface area contributed by atoms with Crippen molar-refractivity contribution in [2.75, 3.05) is 18.4 Å². The molecule has 1 N–H and O–H groups in total. The number of amides is 2. The number of carbonyl (C=O) groups excluding carboxylic acids is 2. The first-order chi connectivity index (χ1) is 11.1. The maximum atomic E-state index is 12.6. The molecule has 0 spiro atoms. The number of pyridine rings is 1. The van der Waals surface area contributed by atoms with E-state index < -0.39 is 0 Å². The van der Waals surface area contributed by atoms with Crippen LogP contribution in [0.3, 0.4) is 0 Å². The summed E-state index contributed by atoms with van der Waals surface area (Å²) in [5.74, 6) is 1.01. The van der Waals surface area contributed by atoms with Crippen LogP contribution in [0.25, 0.3) is 0 Å². The molecular weight excluding hydrogens is 296 g/mol. The second-order valence-corrected chi connectivity index (χ2v) is 5.74. The van der Waals surface area contributed by atoms with Gasteiger partial charge in [0.15, 0.2) is 5.82 Å². The first-order valence-corrected chi connectivity index (χ1v) is 7.54. The lowest BCUT2D eigenvalue weighted by molar-refractivity contribution is -0.117. The monoisotopic (exact) mass is 314 g/mol. The van der Waals surface area contributed by atoms with Gasteiger partial charge in [-0.1, -0.05) is 5.16 Å². The Hall–Kier alpha value is -2.70. The summed E-state index contributed by atoms with van der Waals surface area (Å²) >= 11 is 0. The molecule has 0 bridgehead atoms. The molecule has 0 atom stereocenters. The SMILES string of the molecule is Cc1cc(NC(=O)CN(CC2CC2)C(=O)c2ccncc2)no1. The predicted molar refractivity (Wildman–Crippen MR) is 82.7 cm³/mol. The number of hydrogen-bond acceptors (Lipinski definition) is 5. The largest absolute Gasteiger partial charge is 0.360 e. The van der Waals surface area contributed by atoms with Gasteiger partial charge >= 0.3 is 0 Å². The predicted octanol–water partition coefficient (Wildman–Crippen LogP) is 1.87. The highest BCUT2D eigenvalue weighted by molar-refractivity contribution is 5.99. The van der Waals surface area contributed by atoms with Gasteiger partial charge in [0.25, 0.3) is 5.91 Å². The highest BCUT2D eigenvalue weighted by Crippen LogP contribution is 2.30. The van der Waals surface area contributed by atoms with E-state index in [1.165, 1.54) is 0 Å². The van der Waals surface area contributed by atoms with Crippen LogP contribution in [0, 0.1) is 12.8 Å². The molecule has 0 aromatic carbocycles. The highest BCUT2D eigenvalue weighted by Gasteiger charge is 2.28. The van der Waals surface area contributed by atoms with Crippen LogP contribution in [0.2, 0.25) is 0 Å². The van der Waals surface area contributed by atoms with Crippen LogP contribution < -0.4 is 5.32 Å². The van der Waals surface area contributed by atoms with E-state index in [1.807, 2.05) is 0 Å². The lowest BCUT2D eigenvalue weighted by atomic mass is 10.2. The summed E-state index contributed by atoms with van der Waals surface area (Å²) in [5.41, 5.74) is 0.533. The second kappa shape index (κ2) is 6.60. The van der Waals surface area contributed by atoms with Crippen molar-refractivity contribution >= 4 is 17.6 Å². The van der Waals surface area contributed by atoms with Crippen LogP contribution in [0.5, 0.6) is 0 Å². The Balaban J connectivity index is 1.66. The zero-order valence-corrected chi connectivity index (χ0v) is 12.9. The smallest absolute Gasteiger partial charge is 0.254 e. The molecule has 0 radical (unpaired) electrons. The molecule has 1 aliphatic rings. The van der Waals surface area contributed by atoms with Gasteiger partial charge in [-0.05, 0) is 37.8 Å². The minimum Gasteiger partial charge on any atom is -0.360 e. The Labute approximate surface area is 133 Å². The summed E-state index contributed by atoms with van der Waals surface area (Å²) in [6, 6.07) is 4.94. The Morgan fingerprint density at radius 2 is 2.09 bits per heavy atom. The van der Waals surface area contributed by atoms with Crippen molar-refractivity contribution in [1.82, 2.24) is 15.0 Å². The highest BCUT2D eigenvalue weighted by atomic mass is 16.5. The normalized spacial score (nSPS) is 13.6. The van der Waals surface area contributed by atoms with E-state index in [1.54, 1.807) is 42.4 Å². The first-order valence-electron chi connectivity index (χ1n) is 7.54. The Kier molecular flexibility index (Phi) is 4.36. The average molecular weight is 314 g/mol. The number of aromatic nitrogens is 2. The number of nitrogens with one attached hydrogen (secondary N) is 1. The molecule has 1 saturated carbocycles. The lowest BCUT2D eigenvalue weighted by Crippen LogP contribution is -2.39. The van der Waals surface area contributed by atoms with Crippen LogP contribution in [-0.2, 0) is 4.79 Å². The lowest BCUT2D eigenvalue weighted by Gasteiger charge is -2.21. The van der Waals surface area contributed by atoms with Crippen molar-refractivity contribution in [1.29, 1.82) is 0 Å². The summed E-state index contributed by atoms with van der Waals surface area (Å²) in [7, 11) is 0. The van der Waals surface area contributed by atoms with Crippen molar-refractivity contribution < 1.29 is 14.1 Å². The summed E-state index contributed by atoms with van der Waals surface area (Å²) < 4.78 is 4.91. The second-order valence-electron chi connectivity index (χ2n) is 5.74. The molecule has 2 amide bonds. The van der Waals surface area contributed by atoms with E-state index in [0.717, 1.165) is 12.8 Å². The minimum absolute atomic E-state index is 0.0104. The van der Waals surface area contributed by atoms with Crippen molar-refractivity contribution in [2.24, 2.45) is 5.92 Å². The van der Waals surface area contributed by atoms with Gasteiger partial charge < -0.3 is 14.7 Å². The molecule has 2 aromatic heterocycles. The van der Waals surface area contributed by atoms with E-state index in [-0.39, 0.29) is 18.4 Å². The quantitative estimate of drug-likeness (QED) is 0.879. The molecule has 3 rings (SSSR count). The fourth-order valence-electron chi connectivity index (χ4n) is 2.29. The standard InChI is InChI=1S/C16H18N4O3/c1-11-8-14(19-23-11)18-15(21)10-20(9-12-2-3-12)16(22)13-4-6-17-7-5-13/h4-8,12H,2-3,9-10H2,1H3,(H,18,19,21). The van der Waals surface area contributed by atoms with E-state index in [2.05, 4.69) is 15.5 Å². The summed E-state index contributed by atoms with van der Waals surface area (Å²) in [6.07, 6.45) is 5.34. The summed E-state index contributed by atoms with van der Waals surface area (Å²) in [6.45, 7) is 2.32. The van der Waals surface area contributed by atoms with Crippen LogP contribution >= 0.6 is 0 Å². The number of carbonyl (C=O) groups is 2. The average Bonchev–Trinajstić information content (AvgIpc) is 3.27. The maximum absolute atomic E-state index is 12.6. The van der Waals surface area contributed by atoms with Gasteiger partial charge in [0.1, 0.15) is 12.3 Å². The molecule has 0 aliphatic heterocycles. The molecule has 0 unspecified atom stereocenters. The van der Waals surface area contributed by atoms with Crippen LogP contribution in [-0.4, -0.2) is 39.9 Å². The Morgan fingerprint density at radius 3 is 2.70 bits per heavy atom. The molecular formula is C16H18N4O3. The molecule has 0 saturated heterocycles. The van der Waals surface area contributed by atoms with Gasteiger partial charge in [-0.25, -0.2) is 0 Å². The topological polar surface area (TPSA) is 88.3 Å². The molecule has 2 aromatic rings. The zero-order chi connectivity index (χ0) is 16.2. The number of aryl methyl sites for hydroxylation is 1. The van der Waals surface area contributed by atoms with Crippen LogP contribution in [0.1, 0.15) is 29.0 Å². The summed E-state index contributed by atoms with van der Waals surface area (Å²) in [5, 5.41) is 6.36. The number of nitrogens with zero attached hydrogens (tertiary/aromatic N) is 3. The van der Waals surface area contributed by atoms with Crippen LogP contribution in [0.4, 0.5) is 5.82 Å². The third-order valence-corrected chi connectivity index (χ3v) is 3.62. The number of hydrogen-bond donors (Lipinski definition) is 1. The van der Waals surface area contributed by atoms with E-state index in [0.29, 0.717) is 29.6 Å². The van der Waals surface area contributed by atoms with E-state index >= 15 is 0 Å². The van der Waals surface area contributed by atoms with Gasteiger partial charge in [0.2, 0.25) is 5.91 Å². The fraction of sp³-hybridized carbons (Fsp3) is 0.375. The molecule has 7 heteroatoms. The zero-order valence-electron chi connectivity index (χ0n) is 12.9. The van der Waals surface area contributed by atoms with Gasteiger partial charge in [0.05, 0.1) is 0 Å². The maximum Gasteiger partial charge on any atom is 0.254 e. The Morgan fingerprint density at radius 1 is 1.35 bits per heavy atom. The third-order valence-electron chi connectivity index (χ3n) is 3.62. The Bertz CT molecular complexity index is 694.